The van der Waals surface area contributed by atoms with Crippen LogP contribution in [0.3, 0.4) is 0 Å². The maximum Gasteiger partial charge on any atom is 0.0842 e. The van der Waals surface area contributed by atoms with Gasteiger partial charge in [0.05, 0.1) is 12.1 Å². The molecule has 0 radical (unpaired) electrons. The predicted octanol–water partition coefficient (Wildman–Crippen LogP) is 21.5. The summed E-state index contributed by atoms with van der Waals surface area (Å²) in [5, 5.41) is 10.8. The Hall–Kier alpha value is -7.54. The Morgan fingerprint density at radius 3 is 1.41 bits per heavy atom. The minimum atomic E-state index is 0.0141. The van der Waals surface area contributed by atoms with Crippen LogP contribution in [0.2, 0.25) is 0 Å². The number of H-pyrrole nitrogens is 1. The van der Waals surface area contributed by atoms with Crippen LogP contribution >= 0.6 is 77.8 Å². The van der Waals surface area contributed by atoms with E-state index in [4.69, 9.17) is 4.42 Å². The van der Waals surface area contributed by atoms with E-state index in [2.05, 4.69) is 196 Å². The Morgan fingerprint density at radius 1 is 0.417 bits per heavy atom. The molecule has 1 aliphatic carbocycles. The Bertz CT molecular complexity index is 4860. The molecule has 2 aliphatic heterocycles. The second-order valence-electron chi connectivity index (χ2n) is 21.5. The van der Waals surface area contributed by atoms with Gasteiger partial charge >= 0.3 is 155 Å². The van der Waals surface area contributed by atoms with Gasteiger partial charge in [0.25, 0.3) is 0 Å². The fraction of sp³-hybridized carbons (Fsp3) is 0.0123. The van der Waals surface area contributed by atoms with Gasteiger partial charge in [-0.3, -0.25) is 29.9 Å². The van der Waals surface area contributed by atoms with E-state index in [0.717, 1.165) is 134 Å². The van der Waals surface area contributed by atoms with Crippen LogP contribution in [0.1, 0.15) is 11.4 Å². The summed E-state index contributed by atoms with van der Waals surface area (Å²) < 4.78 is 5.45. The zero-order valence-electron chi connectivity index (χ0n) is 55.6. The summed E-state index contributed by atoms with van der Waals surface area (Å²) in [5.41, 5.74) is 19.1. The quantitative estimate of drug-likeness (QED) is 0.109. The van der Waals surface area contributed by atoms with Crippen LogP contribution in [0.5, 0.6) is 0 Å². The second-order valence-corrected chi connectivity index (χ2v) is 22.3. The normalized spacial score (nSPS) is 12.0. The molecule has 18 rings (SSSR count). The van der Waals surface area contributed by atoms with Crippen LogP contribution in [0.25, 0.3) is 112 Å². The molecule has 3 N–H and O–H groups in total. The number of aromatic nitrogens is 11. The number of nitrogens with one attached hydrogen (secondary N) is 3. The number of fused-ring (bicyclic) bond motifs is 1. The number of benzene rings is 2. The first-order valence-corrected chi connectivity index (χ1v) is 57.4. The van der Waals surface area contributed by atoms with Crippen molar-refractivity contribution >= 4 is 123 Å². The number of hydrogen-bond acceptors (Lipinski definition) is 16. The topological polar surface area (TPSA) is 207 Å². The molecule has 1 atom stereocenters. The number of hydrogen-bond donors (Lipinski definition) is 3. The van der Waals surface area contributed by atoms with E-state index in [0.29, 0.717) is 5.76 Å². The number of rotatable bonds is 10. The number of anilines is 1. The van der Waals surface area contributed by atoms with Gasteiger partial charge in [0.1, 0.15) is 0 Å². The average molecular weight is 2660 g/mol. The van der Waals surface area contributed by atoms with Crippen molar-refractivity contribution in [3.05, 3.63) is 340 Å². The van der Waals surface area contributed by atoms with Crippen molar-refractivity contribution in [3.63, 3.8) is 0 Å². The predicted molar refractivity (Wildman–Crippen MR) is 432 cm³/mol. The molecule has 0 fully saturated rings. The SMILES string of the molecule is [Br][Pt+].[Br][Pt+].[Br][Pt+].[Br][Pt+].[Br][Pt+].[C-]1=C(c2ccccn2)C2=NC=CNC2C=C1c1ccccn1.[c-]1c(-c2ccccn2)c2c3c(cccc3c1-c1ccccn1)NC=N2.[c-]1c(-c2ccccn2)c[nH]c1-c1ccccn1.[c-]1c(-c2ccccn2)coc1-c1ccccn1.[c-]1c(-c2ccccn2)csc1-c1ccccn1. The molecule has 0 saturated heterocycles. The smallest absolute Gasteiger partial charge is 0.0842 e. The average Bonchev–Trinajstić information content (AvgIpc) is 0.958. The molecular weight excluding hydrogens is 2610 g/mol. The van der Waals surface area contributed by atoms with E-state index in [1.165, 1.54) is 0 Å². The van der Waals surface area contributed by atoms with E-state index < -0.39 is 0 Å². The fourth-order valence-electron chi connectivity index (χ4n) is 10.6. The Balaban J connectivity index is 0.000000152. The summed E-state index contributed by atoms with van der Waals surface area (Å²) in [7, 11) is 0. The third-order valence-electron chi connectivity index (χ3n) is 15.1. The van der Waals surface area contributed by atoms with E-state index in [1.54, 1.807) is 92.1 Å². The number of thiophene rings is 1. The van der Waals surface area contributed by atoms with Crippen molar-refractivity contribution in [2.45, 2.75) is 6.04 Å². The van der Waals surface area contributed by atoms with Gasteiger partial charge in [-0.2, -0.15) is 0 Å². The molecule has 0 spiro atoms. The van der Waals surface area contributed by atoms with Crippen LogP contribution in [-0.4, -0.2) is 72.9 Å². The molecule has 0 bridgehead atoms. The van der Waals surface area contributed by atoms with Crippen LogP contribution in [0.4, 0.5) is 11.4 Å². The molecule has 27 heteroatoms. The van der Waals surface area contributed by atoms with Crippen molar-refractivity contribution in [1.29, 1.82) is 0 Å². The van der Waals surface area contributed by atoms with Gasteiger partial charge in [0.2, 0.25) is 0 Å². The number of aromatic amines is 1. The summed E-state index contributed by atoms with van der Waals surface area (Å²) >= 11 is 25.9. The third kappa shape index (κ3) is 23.7. The van der Waals surface area contributed by atoms with Gasteiger partial charge in [0.15, 0.2) is 0 Å². The number of halogens is 5. The van der Waals surface area contributed by atoms with E-state index in [-0.39, 0.29) is 6.04 Å². The Morgan fingerprint density at radius 2 is 0.880 bits per heavy atom. The first-order valence-electron chi connectivity index (χ1n) is 31.7. The Kier molecular flexibility index (Phi) is 37.2. The van der Waals surface area contributed by atoms with E-state index in [9.17, 15) is 0 Å². The second kappa shape index (κ2) is 47.5. The molecule has 0 amide bonds. The zero-order valence-corrected chi connectivity index (χ0v) is 75.7. The van der Waals surface area contributed by atoms with Gasteiger partial charge in [-0.25, -0.2) is 11.3 Å². The van der Waals surface area contributed by atoms with Crippen molar-refractivity contribution < 1.29 is 93.2 Å². The molecule has 13 aromatic heterocycles. The van der Waals surface area contributed by atoms with Crippen LogP contribution in [0, 0.1) is 30.3 Å². The molecular formula is C81H54Br5N15OPt5S. The van der Waals surface area contributed by atoms with Crippen LogP contribution in [0.15, 0.2) is 313 Å². The van der Waals surface area contributed by atoms with Gasteiger partial charge in [-0.1, -0.05) is 184 Å². The molecule has 0 saturated carbocycles. The van der Waals surface area contributed by atoms with Gasteiger partial charge < -0.3 is 49.9 Å². The van der Waals surface area contributed by atoms with Crippen molar-refractivity contribution in [2.24, 2.45) is 9.98 Å². The summed E-state index contributed by atoms with van der Waals surface area (Å²) in [5.74, 6) is 0.631. The third-order valence-corrected chi connectivity index (χ3v) is 16.0. The zero-order chi connectivity index (χ0) is 75.9. The summed E-state index contributed by atoms with van der Waals surface area (Å²) in [4.78, 5) is 56.8. The van der Waals surface area contributed by atoms with Crippen molar-refractivity contribution in [3.8, 4) is 89.7 Å². The minimum absolute atomic E-state index is 0.0141. The van der Waals surface area contributed by atoms with Crippen molar-refractivity contribution in [1.82, 2.24) is 60.1 Å². The maximum absolute atomic E-state index is 5.45. The fourth-order valence-corrected chi connectivity index (χ4v) is 11.4. The van der Waals surface area contributed by atoms with Gasteiger partial charge in [-0.05, 0) is 99.8 Å². The molecule has 16 nitrogen and oxygen atoms in total. The number of allylic oxidation sites excluding steroid dienone is 2. The molecule has 15 heterocycles. The van der Waals surface area contributed by atoms with Gasteiger partial charge in [-0.15, -0.1) is 41.5 Å². The largest absolute Gasteiger partial charge is 0.525 e. The van der Waals surface area contributed by atoms with Gasteiger partial charge in [0, 0.05) is 144 Å². The number of aliphatic imine (C=N–C) groups is 2. The standard InChI is InChI=1S/C21H13N4.C18H13N4.C14H10N3.C14H9N2O.C14H9N2S.5BrH.5Pt/c1-3-10-22-17(7-1)15-12-16(18-8-2-4-11-23-18)21-20-14(15)6-5-9-19(20)24-13-25-21;1-3-7-19-15(5-1)13-11-14(16-6-2-4-8-20-16)18-17(12-13)21-9-10-22-18;3*1-3-7-15-12(5-1)11-9-14(17-10-11)13-6-2-4-8-16-13;;;;;;;;;;/h1-11,13H,(H,24,25);1-10,12,17,21H;1-8,10,17H;2*1-8,10H;5*1H;;;;;/q5*-1;;;;;;5*+2/p-5. The first-order chi connectivity index (χ1) is 53.6. The molecule has 2 aromatic carbocycles. The summed E-state index contributed by atoms with van der Waals surface area (Å²) in [6.07, 6.45) is 32.2. The number of pyridine rings is 10. The maximum atomic E-state index is 5.45. The van der Waals surface area contributed by atoms with Crippen molar-refractivity contribution in [2.75, 3.05) is 5.32 Å². The monoisotopic (exact) mass is 2650 g/mol. The minimum Gasteiger partial charge on any atom is -0.525 e. The molecule has 1 unspecified atom stereocenters. The molecule has 3 aliphatic rings. The first kappa shape index (κ1) is 84.5. The van der Waals surface area contributed by atoms with Crippen LogP contribution < -0.4 is 10.6 Å². The molecule has 550 valence electrons. The molecule has 108 heavy (non-hydrogen) atoms. The number of furan rings is 1. The van der Waals surface area contributed by atoms with E-state index in [1.807, 2.05) is 289 Å². The Labute approximate surface area is 718 Å². The van der Waals surface area contributed by atoms with E-state index >= 15 is 0 Å². The molecule has 15 aromatic rings. The van der Waals surface area contributed by atoms with Crippen LogP contribution in [-0.2, 0) is 88.8 Å². The summed E-state index contributed by atoms with van der Waals surface area (Å²) in [6, 6.07) is 77.8. The summed E-state index contributed by atoms with van der Waals surface area (Å²) in [6.45, 7) is 0. The number of nitrogens with zero attached hydrogens (tertiary/aromatic N) is 12.